The van der Waals surface area contributed by atoms with E-state index in [0.717, 1.165) is 37.7 Å². The van der Waals surface area contributed by atoms with Gasteiger partial charge in [0.1, 0.15) is 4.34 Å². The highest BCUT2D eigenvalue weighted by Gasteiger charge is 2.15. The van der Waals surface area contributed by atoms with Gasteiger partial charge in [0.25, 0.3) is 5.91 Å². The Bertz CT molecular complexity index is 667. The van der Waals surface area contributed by atoms with Crippen molar-refractivity contribution in [3.05, 3.63) is 44.6 Å². The van der Waals surface area contributed by atoms with Crippen molar-refractivity contribution < 1.29 is 9.53 Å². The monoisotopic (exact) mass is 356 g/mol. The molecule has 0 bridgehead atoms. The number of carbonyl (C=O) groups excluding carboxylic acids is 1. The van der Waals surface area contributed by atoms with E-state index in [1.165, 1.54) is 11.3 Å². The molecule has 116 valence electrons. The van der Waals surface area contributed by atoms with E-state index in [0.29, 0.717) is 14.2 Å². The van der Waals surface area contributed by atoms with E-state index in [2.05, 4.69) is 10.2 Å². The number of carbonyl (C=O) groups is 1. The van der Waals surface area contributed by atoms with Crippen LogP contribution >= 0.6 is 34.5 Å². The van der Waals surface area contributed by atoms with Crippen molar-refractivity contribution in [3.8, 4) is 0 Å². The summed E-state index contributed by atoms with van der Waals surface area (Å²) in [6.07, 6.45) is 0. The summed E-state index contributed by atoms with van der Waals surface area (Å²) in [5.74, 6) is -0.257. The van der Waals surface area contributed by atoms with Crippen LogP contribution < -0.4 is 10.2 Å². The standard InChI is InChI=1S/C15H14Cl2N2O2S/c16-13-9-12(14(17)22-13)15(20)18-10-1-3-11(4-2-10)19-5-7-21-8-6-19/h1-4,9H,5-8H2,(H,18,20). The predicted molar refractivity (Wildman–Crippen MR) is 91.8 cm³/mol. The summed E-state index contributed by atoms with van der Waals surface area (Å²) >= 11 is 13.0. The largest absolute Gasteiger partial charge is 0.378 e. The lowest BCUT2D eigenvalue weighted by Gasteiger charge is -2.28. The Hall–Kier alpha value is -1.27. The van der Waals surface area contributed by atoms with Crippen molar-refractivity contribution in [2.45, 2.75) is 0 Å². The molecule has 0 radical (unpaired) electrons. The molecule has 0 saturated carbocycles. The van der Waals surface area contributed by atoms with Gasteiger partial charge in [-0.3, -0.25) is 4.79 Å². The lowest BCUT2D eigenvalue weighted by Crippen LogP contribution is -2.36. The number of halogens is 2. The van der Waals surface area contributed by atoms with E-state index in [1.807, 2.05) is 24.3 Å². The fourth-order valence-corrected chi connectivity index (χ4v) is 3.73. The molecule has 1 amide bonds. The van der Waals surface area contributed by atoms with Gasteiger partial charge in [-0.15, -0.1) is 11.3 Å². The molecule has 0 spiro atoms. The third-order valence-electron chi connectivity index (χ3n) is 3.40. The number of nitrogens with one attached hydrogen (secondary N) is 1. The lowest BCUT2D eigenvalue weighted by molar-refractivity contribution is 0.102. The fourth-order valence-electron chi connectivity index (χ4n) is 2.27. The molecule has 4 nitrogen and oxygen atoms in total. The van der Waals surface area contributed by atoms with Gasteiger partial charge in [-0.2, -0.15) is 0 Å². The van der Waals surface area contributed by atoms with Gasteiger partial charge in [0.15, 0.2) is 0 Å². The smallest absolute Gasteiger partial charge is 0.258 e. The Balaban J connectivity index is 1.68. The first-order valence-electron chi connectivity index (χ1n) is 6.82. The first kappa shape index (κ1) is 15.6. The molecule has 1 aliphatic heterocycles. The average molecular weight is 357 g/mol. The summed E-state index contributed by atoms with van der Waals surface area (Å²) in [5, 5.41) is 2.82. The molecular formula is C15H14Cl2N2O2S. The molecule has 2 aromatic rings. The highest BCUT2D eigenvalue weighted by molar-refractivity contribution is 7.20. The number of morpholine rings is 1. The summed E-state index contributed by atoms with van der Waals surface area (Å²) in [7, 11) is 0. The van der Waals surface area contributed by atoms with E-state index in [-0.39, 0.29) is 5.91 Å². The van der Waals surface area contributed by atoms with Gasteiger partial charge in [-0.1, -0.05) is 23.2 Å². The van der Waals surface area contributed by atoms with Crippen molar-refractivity contribution >= 4 is 51.8 Å². The predicted octanol–water partition coefficient (Wildman–Crippen LogP) is 4.14. The van der Waals surface area contributed by atoms with Crippen molar-refractivity contribution in [1.29, 1.82) is 0 Å². The maximum atomic E-state index is 12.2. The van der Waals surface area contributed by atoms with Crippen LogP contribution in [0, 0.1) is 0 Å². The fraction of sp³-hybridized carbons (Fsp3) is 0.267. The molecule has 1 N–H and O–H groups in total. The van der Waals surface area contributed by atoms with Crippen molar-refractivity contribution in [2.75, 3.05) is 36.5 Å². The van der Waals surface area contributed by atoms with Gasteiger partial charge in [0, 0.05) is 24.5 Å². The quantitative estimate of drug-likeness (QED) is 0.898. The average Bonchev–Trinajstić information content (AvgIpc) is 2.88. The number of nitrogens with zero attached hydrogens (tertiary/aromatic N) is 1. The number of thiophene rings is 1. The number of hydrogen-bond donors (Lipinski definition) is 1. The molecule has 1 aliphatic rings. The highest BCUT2D eigenvalue weighted by atomic mass is 35.5. The molecule has 7 heteroatoms. The molecule has 1 fully saturated rings. The third-order valence-corrected chi connectivity index (χ3v) is 4.89. The molecule has 1 aromatic heterocycles. The molecule has 3 rings (SSSR count). The number of benzene rings is 1. The third kappa shape index (κ3) is 3.55. The van der Waals surface area contributed by atoms with Crippen molar-refractivity contribution in [3.63, 3.8) is 0 Å². The zero-order chi connectivity index (χ0) is 15.5. The second-order valence-electron chi connectivity index (χ2n) is 4.84. The Morgan fingerprint density at radius 1 is 1.18 bits per heavy atom. The summed E-state index contributed by atoms with van der Waals surface area (Å²) < 4.78 is 6.23. The van der Waals surface area contributed by atoms with Crippen LogP contribution in [-0.4, -0.2) is 32.2 Å². The summed E-state index contributed by atoms with van der Waals surface area (Å²) in [6, 6.07) is 9.31. The van der Waals surface area contributed by atoms with Gasteiger partial charge in [0.2, 0.25) is 0 Å². The minimum absolute atomic E-state index is 0.257. The van der Waals surface area contributed by atoms with E-state index < -0.39 is 0 Å². The van der Waals surface area contributed by atoms with Gasteiger partial charge in [-0.25, -0.2) is 0 Å². The molecule has 0 unspecified atom stereocenters. The maximum Gasteiger partial charge on any atom is 0.258 e. The lowest BCUT2D eigenvalue weighted by atomic mass is 10.2. The second kappa shape index (κ2) is 6.87. The van der Waals surface area contributed by atoms with Crippen LogP contribution in [0.3, 0.4) is 0 Å². The molecule has 1 saturated heterocycles. The van der Waals surface area contributed by atoms with E-state index >= 15 is 0 Å². The maximum absolute atomic E-state index is 12.2. The molecule has 2 heterocycles. The van der Waals surface area contributed by atoms with Gasteiger partial charge in [0.05, 0.1) is 23.1 Å². The molecule has 22 heavy (non-hydrogen) atoms. The van der Waals surface area contributed by atoms with Crippen LogP contribution in [0.1, 0.15) is 10.4 Å². The number of ether oxygens (including phenoxy) is 1. The highest BCUT2D eigenvalue weighted by Crippen LogP contribution is 2.31. The number of anilines is 2. The Morgan fingerprint density at radius 2 is 1.86 bits per heavy atom. The molecule has 1 aromatic carbocycles. The summed E-state index contributed by atoms with van der Waals surface area (Å²) in [5.41, 5.74) is 2.24. The van der Waals surface area contributed by atoms with Crippen molar-refractivity contribution in [1.82, 2.24) is 0 Å². The summed E-state index contributed by atoms with van der Waals surface area (Å²) in [4.78, 5) is 14.4. The molecular weight excluding hydrogens is 343 g/mol. The molecule has 0 aliphatic carbocycles. The topological polar surface area (TPSA) is 41.6 Å². The molecule has 0 atom stereocenters. The van der Waals surface area contributed by atoms with E-state index in [1.54, 1.807) is 6.07 Å². The van der Waals surface area contributed by atoms with Crippen LogP contribution in [0.4, 0.5) is 11.4 Å². The van der Waals surface area contributed by atoms with Gasteiger partial charge < -0.3 is 15.0 Å². The second-order valence-corrected chi connectivity index (χ2v) is 7.12. The number of rotatable bonds is 3. The van der Waals surface area contributed by atoms with Crippen LogP contribution in [0.2, 0.25) is 8.67 Å². The summed E-state index contributed by atoms with van der Waals surface area (Å²) in [6.45, 7) is 3.26. The first-order chi connectivity index (χ1) is 10.6. The number of amides is 1. The van der Waals surface area contributed by atoms with Crippen LogP contribution in [0.15, 0.2) is 30.3 Å². The van der Waals surface area contributed by atoms with Gasteiger partial charge in [-0.05, 0) is 30.3 Å². The zero-order valence-corrected chi connectivity index (χ0v) is 14.0. The van der Waals surface area contributed by atoms with Gasteiger partial charge >= 0.3 is 0 Å². The Kier molecular flexibility index (Phi) is 4.88. The van der Waals surface area contributed by atoms with Crippen LogP contribution in [0.25, 0.3) is 0 Å². The zero-order valence-electron chi connectivity index (χ0n) is 11.6. The Labute approximate surface area is 142 Å². The van der Waals surface area contributed by atoms with E-state index in [4.69, 9.17) is 27.9 Å². The van der Waals surface area contributed by atoms with Crippen LogP contribution in [0.5, 0.6) is 0 Å². The van der Waals surface area contributed by atoms with E-state index in [9.17, 15) is 4.79 Å². The number of hydrogen-bond acceptors (Lipinski definition) is 4. The normalized spacial score (nSPS) is 14.9. The SMILES string of the molecule is O=C(Nc1ccc(N2CCOCC2)cc1)c1cc(Cl)sc1Cl. The minimum atomic E-state index is -0.257. The van der Waals surface area contributed by atoms with Crippen molar-refractivity contribution in [2.24, 2.45) is 0 Å². The Morgan fingerprint density at radius 3 is 2.45 bits per heavy atom. The first-order valence-corrected chi connectivity index (χ1v) is 8.39. The van der Waals surface area contributed by atoms with Crippen LogP contribution in [-0.2, 0) is 4.74 Å². The minimum Gasteiger partial charge on any atom is -0.378 e.